The number of benzene rings is 1. The normalized spacial score (nSPS) is 22.0. The second-order valence-corrected chi connectivity index (χ2v) is 5.02. The minimum atomic E-state index is -1.10. The lowest BCUT2D eigenvalue weighted by molar-refractivity contribution is -0.313. The molecule has 5 nitrogen and oxygen atoms in total. The van der Waals surface area contributed by atoms with E-state index in [1.165, 1.54) is 0 Å². The van der Waals surface area contributed by atoms with E-state index in [2.05, 4.69) is 5.32 Å². The molecule has 20 heavy (non-hydrogen) atoms. The molecule has 108 valence electrons. The molecule has 1 N–H and O–H groups in total. The van der Waals surface area contributed by atoms with Crippen molar-refractivity contribution in [1.29, 1.82) is 0 Å². The van der Waals surface area contributed by atoms with Gasteiger partial charge >= 0.3 is 6.09 Å². The molecule has 0 radical (unpaired) electrons. The lowest BCUT2D eigenvalue weighted by atomic mass is 9.85. The van der Waals surface area contributed by atoms with Gasteiger partial charge in [0.05, 0.1) is 0 Å². The summed E-state index contributed by atoms with van der Waals surface area (Å²) in [6.07, 6.45) is 2.39. The predicted molar refractivity (Wildman–Crippen MR) is 70.5 cm³/mol. The van der Waals surface area contributed by atoms with E-state index in [0.29, 0.717) is 12.8 Å². The number of carbonyl (C=O) groups is 2. The Morgan fingerprint density at radius 1 is 1.20 bits per heavy atom. The van der Waals surface area contributed by atoms with Crippen molar-refractivity contribution >= 4 is 12.1 Å². The van der Waals surface area contributed by atoms with Crippen LogP contribution < -0.4 is 10.4 Å². The van der Waals surface area contributed by atoms with Gasteiger partial charge in [-0.15, -0.1) is 0 Å². The van der Waals surface area contributed by atoms with Crippen LogP contribution in [0.25, 0.3) is 0 Å². The SMILES string of the molecule is O=C(N[C@H]1CCCC[C@H]1C(=O)[O-])OCc1ccccc1. The Hall–Kier alpha value is -2.04. The average molecular weight is 276 g/mol. The van der Waals surface area contributed by atoms with Gasteiger partial charge in [0.15, 0.2) is 0 Å². The van der Waals surface area contributed by atoms with Crippen LogP contribution in [0.15, 0.2) is 30.3 Å². The van der Waals surface area contributed by atoms with Crippen LogP contribution in [0, 0.1) is 5.92 Å². The quantitative estimate of drug-likeness (QED) is 0.897. The van der Waals surface area contributed by atoms with Crippen molar-refractivity contribution in [2.75, 3.05) is 0 Å². The molecule has 1 aromatic rings. The number of hydrogen-bond donors (Lipinski definition) is 1. The standard InChI is InChI=1S/C15H19NO4/c17-14(18)12-8-4-5-9-13(12)16-15(19)20-10-11-6-2-1-3-7-11/h1-3,6-7,12-13H,4-5,8-10H2,(H,16,19)(H,17,18)/p-1/t12-,13+/m1/s1. The molecule has 0 aromatic heterocycles. The maximum Gasteiger partial charge on any atom is 0.407 e. The number of carboxylic acid groups (broad SMARTS) is 1. The van der Waals surface area contributed by atoms with Crippen molar-refractivity contribution in [2.24, 2.45) is 5.92 Å². The summed E-state index contributed by atoms with van der Waals surface area (Å²) in [6.45, 7) is 0.176. The number of amides is 1. The Morgan fingerprint density at radius 2 is 1.90 bits per heavy atom. The third-order valence-electron chi connectivity index (χ3n) is 3.58. The van der Waals surface area contributed by atoms with Crippen LogP contribution in [0.3, 0.4) is 0 Å². The first-order valence-corrected chi connectivity index (χ1v) is 6.85. The number of hydrogen-bond acceptors (Lipinski definition) is 4. The van der Waals surface area contributed by atoms with E-state index in [0.717, 1.165) is 18.4 Å². The molecule has 1 aliphatic rings. The molecule has 0 bridgehead atoms. The van der Waals surface area contributed by atoms with E-state index in [-0.39, 0.29) is 6.61 Å². The average Bonchev–Trinajstić information content (AvgIpc) is 2.46. The highest BCUT2D eigenvalue weighted by Gasteiger charge is 2.27. The smallest absolute Gasteiger partial charge is 0.407 e. The highest BCUT2D eigenvalue weighted by molar-refractivity contribution is 5.72. The van der Waals surface area contributed by atoms with Gasteiger partial charge in [0, 0.05) is 17.9 Å². The van der Waals surface area contributed by atoms with Gasteiger partial charge in [-0.3, -0.25) is 0 Å². The number of ether oxygens (including phenoxy) is 1. The molecule has 0 spiro atoms. The molecule has 1 fully saturated rings. The third-order valence-corrected chi connectivity index (χ3v) is 3.58. The highest BCUT2D eigenvalue weighted by atomic mass is 16.5. The fourth-order valence-electron chi connectivity index (χ4n) is 2.50. The summed E-state index contributed by atoms with van der Waals surface area (Å²) < 4.78 is 5.10. The first kappa shape index (κ1) is 14.4. The number of rotatable bonds is 4. The summed E-state index contributed by atoms with van der Waals surface area (Å²) in [4.78, 5) is 22.7. The van der Waals surface area contributed by atoms with E-state index in [4.69, 9.17) is 4.74 Å². The lowest BCUT2D eigenvalue weighted by Gasteiger charge is -2.32. The second kappa shape index (κ2) is 6.93. The summed E-state index contributed by atoms with van der Waals surface area (Å²) in [7, 11) is 0. The highest BCUT2D eigenvalue weighted by Crippen LogP contribution is 2.24. The maximum absolute atomic E-state index is 11.7. The van der Waals surface area contributed by atoms with Crippen LogP contribution in [-0.2, 0) is 16.1 Å². The van der Waals surface area contributed by atoms with E-state index < -0.39 is 24.0 Å². The summed E-state index contributed by atoms with van der Waals surface area (Å²) in [5, 5.41) is 13.7. The number of carboxylic acids is 1. The molecule has 0 unspecified atom stereocenters. The largest absolute Gasteiger partial charge is 0.550 e. The van der Waals surface area contributed by atoms with Crippen LogP contribution in [0.4, 0.5) is 4.79 Å². The Morgan fingerprint density at radius 3 is 2.60 bits per heavy atom. The van der Waals surface area contributed by atoms with Gasteiger partial charge in [0.25, 0.3) is 0 Å². The Balaban J connectivity index is 1.82. The summed E-state index contributed by atoms with van der Waals surface area (Å²) in [5.41, 5.74) is 0.891. The van der Waals surface area contributed by atoms with Crippen molar-refractivity contribution < 1.29 is 19.4 Å². The van der Waals surface area contributed by atoms with Crippen molar-refractivity contribution in [3.63, 3.8) is 0 Å². The second-order valence-electron chi connectivity index (χ2n) is 5.02. The molecule has 0 saturated heterocycles. The van der Waals surface area contributed by atoms with Crippen LogP contribution in [0.1, 0.15) is 31.2 Å². The van der Waals surface area contributed by atoms with Gasteiger partial charge < -0.3 is 20.0 Å². The third kappa shape index (κ3) is 3.98. The van der Waals surface area contributed by atoms with Gasteiger partial charge in [-0.05, 0) is 18.4 Å². The predicted octanol–water partition coefficient (Wildman–Crippen LogP) is 1.22. The molecule has 1 saturated carbocycles. The number of alkyl carbamates (subject to hydrolysis) is 1. The zero-order valence-corrected chi connectivity index (χ0v) is 11.2. The molecular weight excluding hydrogens is 258 g/mol. The van der Waals surface area contributed by atoms with E-state index in [1.807, 2.05) is 30.3 Å². The summed E-state index contributed by atoms with van der Waals surface area (Å²) in [5.74, 6) is -1.72. The van der Waals surface area contributed by atoms with Gasteiger partial charge in [-0.25, -0.2) is 4.79 Å². The Kier molecular flexibility index (Phi) is 4.98. The van der Waals surface area contributed by atoms with Crippen LogP contribution in [0.5, 0.6) is 0 Å². The van der Waals surface area contributed by atoms with Gasteiger partial charge in [0.1, 0.15) is 6.61 Å². The topological polar surface area (TPSA) is 78.5 Å². The zero-order valence-electron chi connectivity index (χ0n) is 11.2. The molecule has 0 aliphatic heterocycles. The van der Waals surface area contributed by atoms with Gasteiger partial charge in [-0.1, -0.05) is 43.2 Å². The van der Waals surface area contributed by atoms with E-state index >= 15 is 0 Å². The van der Waals surface area contributed by atoms with Crippen molar-refractivity contribution in [2.45, 2.75) is 38.3 Å². The molecular formula is C15H18NO4-. The Bertz CT molecular complexity index is 460. The van der Waals surface area contributed by atoms with E-state index in [9.17, 15) is 14.7 Å². The lowest BCUT2D eigenvalue weighted by Crippen LogP contribution is -2.49. The van der Waals surface area contributed by atoms with E-state index in [1.54, 1.807) is 0 Å². The van der Waals surface area contributed by atoms with Crippen molar-refractivity contribution in [3.8, 4) is 0 Å². The molecule has 1 aromatic carbocycles. The fraction of sp³-hybridized carbons (Fsp3) is 0.467. The van der Waals surface area contributed by atoms with Crippen LogP contribution in [-0.4, -0.2) is 18.1 Å². The van der Waals surface area contributed by atoms with Crippen molar-refractivity contribution in [1.82, 2.24) is 5.32 Å². The number of aliphatic carboxylic acids is 1. The molecule has 0 heterocycles. The monoisotopic (exact) mass is 276 g/mol. The first-order valence-electron chi connectivity index (χ1n) is 6.85. The molecule has 5 heteroatoms. The van der Waals surface area contributed by atoms with Gasteiger partial charge in [-0.2, -0.15) is 0 Å². The summed E-state index contributed by atoms with van der Waals surface area (Å²) in [6, 6.07) is 8.94. The molecule has 2 rings (SSSR count). The number of carbonyl (C=O) groups excluding carboxylic acids is 2. The maximum atomic E-state index is 11.7. The van der Waals surface area contributed by atoms with Crippen LogP contribution in [0.2, 0.25) is 0 Å². The number of nitrogens with one attached hydrogen (secondary N) is 1. The first-order chi connectivity index (χ1) is 9.66. The van der Waals surface area contributed by atoms with Crippen molar-refractivity contribution in [3.05, 3.63) is 35.9 Å². The fourth-order valence-corrected chi connectivity index (χ4v) is 2.50. The van der Waals surface area contributed by atoms with Crippen LogP contribution >= 0.6 is 0 Å². The zero-order chi connectivity index (χ0) is 14.4. The summed E-state index contributed by atoms with van der Waals surface area (Å²) >= 11 is 0. The molecule has 1 amide bonds. The van der Waals surface area contributed by atoms with Gasteiger partial charge in [0.2, 0.25) is 0 Å². The minimum Gasteiger partial charge on any atom is -0.550 e. The Labute approximate surface area is 117 Å². The minimum absolute atomic E-state index is 0.176. The molecule has 1 aliphatic carbocycles. The molecule has 2 atom stereocenters.